The SMILES string of the molecule is CC(C)(C)c1ccccc1Oc1ncccc1NCCCc1ccccc1. The fourth-order valence-corrected chi connectivity index (χ4v) is 3.05. The van der Waals surface area contributed by atoms with Crippen LogP contribution in [0.4, 0.5) is 5.69 Å². The number of nitrogens with zero attached hydrogens (tertiary/aromatic N) is 1. The van der Waals surface area contributed by atoms with Crippen molar-refractivity contribution in [2.45, 2.75) is 39.0 Å². The Bertz CT molecular complexity index is 854. The Morgan fingerprint density at radius 3 is 2.41 bits per heavy atom. The van der Waals surface area contributed by atoms with Gasteiger partial charge >= 0.3 is 0 Å². The number of aromatic nitrogens is 1. The van der Waals surface area contributed by atoms with Crippen LogP contribution in [-0.2, 0) is 11.8 Å². The van der Waals surface area contributed by atoms with Crippen LogP contribution in [0.2, 0.25) is 0 Å². The molecule has 27 heavy (non-hydrogen) atoms. The lowest BCUT2D eigenvalue weighted by molar-refractivity contribution is 0.441. The van der Waals surface area contributed by atoms with Gasteiger partial charge < -0.3 is 10.1 Å². The molecule has 0 atom stereocenters. The molecule has 3 heteroatoms. The summed E-state index contributed by atoms with van der Waals surface area (Å²) in [6.07, 6.45) is 3.87. The Kier molecular flexibility index (Phi) is 6.12. The van der Waals surface area contributed by atoms with Crippen LogP contribution in [0.25, 0.3) is 0 Å². The first kappa shape index (κ1) is 19.0. The van der Waals surface area contributed by atoms with Crippen molar-refractivity contribution in [2.75, 3.05) is 11.9 Å². The third kappa shape index (κ3) is 5.33. The summed E-state index contributed by atoms with van der Waals surface area (Å²) in [5.74, 6) is 1.48. The van der Waals surface area contributed by atoms with Crippen molar-refractivity contribution in [2.24, 2.45) is 0 Å². The van der Waals surface area contributed by atoms with Crippen LogP contribution in [0.3, 0.4) is 0 Å². The third-order valence-electron chi connectivity index (χ3n) is 4.47. The minimum atomic E-state index is 0.00858. The van der Waals surface area contributed by atoms with E-state index in [2.05, 4.69) is 73.5 Å². The maximum Gasteiger partial charge on any atom is 0.242 e. The zero-order chi connectivity index (χ0) is 19.1. The zero-order valence-corrected chi connectivity index (χ0v) is 16.4. The molecule has 0 amide bonds. The van der Waals surface area contributed by atoms with E-state index < -0.39 is 0 Å². The number of hydrogen-bond donors (Lipinski definition) is 1. The molecule has 2 aromatic carbocycles. The lowest BCUT2D eigenvalue weighted by Gasteiger charge is -2.22. The van der Waals surface area contributed by atoms with Gasteiger partial charge in [0.2, 0.25) is 5.88 Å². The molecule has 3 aromatic rings. The summed E-state index contributed by atoms with van der Waals surface area (Å²) in [6, 6.07) is 22.7. The monoisotopic (exact) mass is 360 g/mol. The number of para-hydroxylation sites is 1. The van der Waals surface area contributed by atoms with Gasteiger partial charge in [0.1, 0.15) is 5.75 Å². The van der Waals surface area contributed by atoms with Gasteiger partial charge in [-0.2, -0.15) is 0 Å². The van der Waals surface area contributed by atoms with E-state index in [1.54, 1.807) is 6.20 Å². The van der Waals surface area contributed by atoms with E-state index in [1.165, 1.54) is 11.1 Å². The molecule has 0 aliphatic rings. The molecule has 0 fully saturated rings. The summed E-state index contributed by atoms with van der Waals surface area (Å²) in [6.45, 7) is 7.45. The summed E-state index contributed by atoms with van der Waals surface area (Å²) in [5.41, 5.74) is 3.47. The van der Waals surface area contributed by atoms with Crippen LogP contribution >= 0.6 is 0 Å². The molecule has 0 unspecified atom stereocenters. The molecule has 0 aliphatic carbocycles. The molecule has 1 heterocycles. The molecule has 1 N–H and O–H groups in total. The highest BCUT2D eigenvalue weighted by Crippen LogP contribution is 2.35. The molecule has 3 rings (SSSR count). The van der Waals surface area contributed by atoms with Crippen molar-refractivity contribution >= 4 is 5.69 Å². The van der Waals surface area contributed by atoms with E-state index in [-0.39, 0.29) is 5.41 Å². The second-order valence-corrected chi connectivity index (χ2v) is 7.72. The summed E-state index contributed by atoms with van der Waals surface area (Å²) >= 11 is 0. The number of hydrogen-bond acceptors (Lipinski definition) is 3. The van der Waals surface area contributed by atoms with E-state index in [1.807, 2.05) is 24.3 Å². The Labute approximate surface area is 162 Å². The van der Waals surface area contributed by atoms with Crippen molar-refractivity contribution in [3.8, 4) is 11.6 Å². The highest BCUT2D eigenvalue weighted by molar-refractivity contribution is 5.54. The van der Waals surface area contributed by atoms with Crippen LogP contribution in [0.5, 0.6) is 11.6 Å². The Hall–Kier alpha value is -2.81. The average molecular weight is 361 g/mol. The predicted octanol–water partition coefficient (Wildman–Crippen LogP) is 6.22. The van der Waals surface area contributed by atoms with Gasteiger partial charge in [0.05, 0.1) is 5.69 Å². The Morgan fingerprint density at radius 1 is 0.889 bits per heavy atom. The lowest BCUT2D eigenvalue weighted by Crippen LogP contribution is -2.13. The standard InChI is InChI=1S/C24H28N2O/c1-24(2,3)20-14-7-8-16-22(20)27-23-21(15-10-18-26-23)25-17-9-13-19-11-5-4-6-12-19/h4-8,10-12,14-16,18,25H,9,13,17H2,1-3H3. The van der Waals surface area contributed by atoms with Crippen molar-refractivity contribution in [3.05, 3.63) is 84.1 Å². The quantitative estimate of drug-likeness (QED) is 0.508. The second kappa shape index (κ2) is 8.72. The Morgan fingerprint density at radius 2 is 1.63 bits per heavy atom. The van der Waals surface area contributed by atoms with Crippen LogP contribution in [0.1, 0.15) is 38.3 Å². The van der Waals surface area contributed by atoms with Gasteiger partial charge in [-0.05, 0) is 42.0 Å². The van der Waals surface area contributed by atoms with Gasteiger partial charge in [-0.1, -0.05) is 69.3 Å². The van der Waals surface area contributed by atoms with E-state index in [9.17, 15) is 0 Å². The molecule has 3 nitrogen and oxygen atoms in total. The fourth-order valence-electron chi connectivity index (χ4n) is 3.05. The third-order valence-corrected chi connectivity index (χ3v) is 4.47. The summed E-state index contributed by atoms with van der Waals surface area (Å²) in [4.78, 5) is 4.45. The highest BCUT2D eigenvalue weighted by atomic mass is 16.5. The van der Waals surface area contributed by atoms with Crippen molar-refractivity contribution < 1.29 is 4.74 Å². The molecule has 0 saturated heterocycles. The molecule has 140 valence electrons. The molecule has 0 bridgehead atoms. The molecule has 0 aliphatic heterocycles. The van der Waals surface area contributed by atoms with Crippen LogP contribution in [0, 0.1) is 0 Å². The van der Waals surface area contributed by atoms with Crippen LogP contribution in [0.15, 0.2) is 72.9 Å². The van der Waals surface area contributed by atoms with Gasteiger partial charge in [-0.25, -0.2) is 4.98 Å². The molecular weight excluding hydrogens is 332 g/mol. The first-order valence-corrected chi connectivity index (χ1v) is 9.54. The van der Waals surface area contributed by atoms with Gasteiger partial charge in [-0.3, -0.25) is 0 Å². The summed E-state index contributed by atoms with van der Waals surface area (Å²) < 4.78 is 6.21. The minimum absolute atomic E-state index is 0.00858. The number of aryl methyl sites for hydroxylation is 1. The predicted molar refractivity (Wildman–Crippen MR) is 113 cm³/mol. The Balaban J connectivity index is 1.66. The number of ether oxygens (including phenoxy) is 1. The first-order valence-electron chi connectivity index (χ1n) is 9.54. The topological polar surface area (TPSA) is 34.1 Å². The van der Waals surface area contributed by atoms with Crippen LogP contribution in [-0.4, -0.2) is 11.5 Å². The van der Waals surface area contributed by atoms with E-state index in [0.717, 1.165) is 30.8 Å². The van der Waals surface area contributed by atoms with Crippen molar-refractivity contribution in [1.29, 1.82) is 0 Å². The molecule has 1 aromatic heterocycles. The molecular formula is C24H28N2O. The second-order valence-electron chi connectivity index (χ2n) is 7.72. The number of anilines is 1. The molecule has 0 radical (unpaired) electrons. The highest BCUT2D eigenvalue weighted by Gasteiger charge is 2.19. The minimum Gasteiger partial charge on any atom is -0.437 e. The maximum atomic E-state index is 6.21. The molecule has 0 spiro atoms. The number of benzene rings is 2. The number of pyridine rings is 1. The van der Waals surface area contributed by atoms with Gasteiger partial charge in [0.15, 0.2) is 0 Å². The normalized spacial score (nSPS) is 11.2. The van der Waals surface area contributed by atoms with Crippen molar-refractivity contribution in [1.82, 2.24) is 4.98 Å². The van der Waals surface area contributed by atoms with Gasteiger partial charge in [0.25, 0.3) is 0 Å². The largest absolute Gasteiger partial charge is 0.437 e. The zero-order valence-electron chi connectivity index (χ0n) is 16.4. The van der Waals surface area contributed by atoms with Gasteiger partial charge in [0, 0.05) is 18.3 Å². The first-order chi connectivity index (χ1) is 13.0. The van der Waals surface area contributed by atoms with Crippen LogP contribution < -0.4 is 10.1 Å². The van der Waals surface area contributed by atoms with Crippen molar-refractivity contribution in [3.63, 3.8) is 0 Å². The van der Waals surface area contributed by atoms with E-state index >= 15 is 0 Å². The van der Waals surface area contributed by atoms with E-state index in [4.69, 9.17) is 4.74 Å². The smallest absolute Gasteiger partial charge is 0.242 e. The fraction of sp³-hybridized carbons (Fsp3) is 0.292. The number of nitrogens with one attached hydrogen (secondary N) is 1. The van der Waals surface area contributed by atoms with Gasteiger partial charge in [-0.15, -0.1) is 0 Å². The maximum absolute atomic E-state index is 6.21. The average Bonchev–Trinajstić information content (AvgIpc) is 2.67. The molecule has 0 saturated carbocycles. The number of rotatable bonds is 7. The summed E-state index contributed by atoms with van der Waals surface area (Å²) in [7, 11) is 0. The summed E-state index contributed by atoms with van der Waals surface area (Å²) in [5, 5.41) is 3.47. The lowest BCUT2D eigenvalue weighted by atomic mass is 9.86. The van der Waals surface area contributed by atoms with E-state index in [0.29, 0.717) is 5.88 Å².